The van der Waals surface area contributed by atoms with Crippen LogP contribution in [0.4, 0.5) is 0 Å². The van der Waals surface area contributed by atoms with Crippen molar-refractivity contribution in [1.29, 1.82) is 0 Å². The summed E-state index contributed by atoms with van der Waals surface area (Å²) in [5.74, 6) is 0.707. The van der Waals surface area contributed by atoms with Gasteiger partial charge in [-0.25, -0.2) is 4.79 Å². The number of aromatic nitrogens is 5. The summed E-state index contributed by atoms with van der Waals surface area (Å²) < 4.78 is 6.79. The van der Waals surface area contributed by atoms with E-state index in [4.69, 9.17) is 4.98 Å². The third-order valence-electron chi connectivity index (χ3n) is 5.99. The van der Waals surface area contributed by atoms with Gasteiger partial charge in [0.25, 0.3) is 5.56 Å². The zero-order valence-corrected chi connectivity index (χ0v) is 18.1. The van der Waals surface area contributed by atoms with Crippen LogP contribution in [0.2, 0.25) is 0 Å². The Balaban J connectivity index is 1.94. The SMILES string of the molecule is CC[C@H](C)n1c(C)c(C)n2c3c(=O)n(C/C=C/c4ccccc4)c(=O)n(C)c3nc12. The summed E-state index contributed by atoms with van der Waals surface area (Å²) in [5, 5.41) is 0. The summed E-state index contributed by atoms with van der Waals surface area (Å²) in [5.41, 5.74) is 3.25. The fourth-order valence-corrected chi connectivity index (χ4v) is 4.00. The molecular formula is C23H27N5O2. The molecule has 0 radical (unpaired) electrons. The van der Waals surface area contributed by atoms with Crippen LogP contribution in [0.15, 0.2) is 46.0 Å². The number of aryl methyl sites for hydroxylation is 2. The fourth-order valence-electron chi connectivity index (χ4n) is 4.00. The molecule has 0 saturated heterocycles. The number of rotatable bonds is 5. The minimum atomic E-state index is -0.365. The van der Waals surface area contributed by atoms with Crippen LogP contribution in [0.3, 0.4) is 0 Å². The fraction of sp³-hybridized carbons (Fsp3) is 0.348. The van der Waals surface area contributed by atoms with E-state index >= 15 is 0 Å². The molecule has 4 rings (SSSR count). The van der Waals surface area contributed by atoms with Gasteiger partial charge in [0.15, 0.2) is 11.2 Å². The highest BCUT2D eigenvalue weighted by molar-refractivity contribution is 5.76. The number of allylic oxidation sites excluding steroid dienone is 1. The van der Waals surface area contributed by atoms with Gasteiger partial charge in [0, 0.05) is 31.0 Å². The predicted octanol–water partition coefficient (Wildman–Crippen LogP) is 3.45. The van der Waals surface area contributed by atoms with Gasteiger partial charge < -0.3 is 4.57 Å². The maximum atomic E-state index is 13.4. The van der Waals surface area contributed by atoms with Gasteiger partial charge in [-0.1, -0.05) is 49.4 Å². The quantitative estimate of drug-likeness (QED) is 0.511. The van der Waals surface area contributed by atoms with Crippen molar-refractivity contribution in [2.45, 2.75) is 46.7 Å². The lowest BCUT2D eigenvalue weighted by Gasteiger charge is -2.13. The van der Waals surface area contributed by atoms with E-state index < -0.39 is 0 Å². The molecule has 0 spiro atoms. The zero-order valence-electron chi connectivity index (χ0n) is 18.1. The van der Waals surface area contributed by atoms with Crippen molar-refractivity contribution in [2.24, 2.45) is 7.05 Å². The molecule has 0 amide bonds. The van der Waals surface area contributed by atoms with Crippen molar-refractivity contribution >= 4 is 23.0 Å². The van der Waals surface area contributed by atoms with Crippen molar-refractivity contribution < 1.29 is 0 Å². The van der Waals surface area contributed by atoms with Crippen LogP contribution in [0.25, 0.3) is 23.0 Å². The summed E-state index contributed by atoms with van der Waals surface area (Å²) >= 11 is 0. The lowest BCUT2D eigenvalue weighted by atomic mass is 10.2. The van der Waals surface area contributed by atoms with Gasteiger partial charge in [-0.2, -0.15) is 4.98 Å². The van der Waals surface area contributed by atoms with Crippen LogP contribution < -0.4 is 11.2 Å². The molecular weight excluding hydrogens is 378 g/mol. The van der Waals surface area contributed by atoms with Gasteiger partial charge in [-0.05, 0) is 32.8 Å². The van der Waals surface area contributed by atoms with Crippen LogP contribution in [0.1, 0.15) is 43.3 Å². The molecule has 0 aliphatic rings. The van der Waals surface area contributed by atoms with Gasteiger partial charge in [0.2, 0.25) is 5.78 Å². The number of hydrogen-bond acceptors (Lipinski definition) is 3. The average molecular weight is 406 g/mol. The monoisotopic (exact) mass is 405 g/mol. The maximum absolute atomic E-state index is 13.4. The van der Waals surface area contributed by atoms with Crippen molar-refractivity contribution in [3.63, 3.8) is 0 Å². The van der Waals surface area contributed by atoms with Gasteiger partial charge in [0.1, 0.15) is 0 Å². The Labute approximate surface area is 174 Å². The number of fused-ring (bicyclic) bond motifs is 3. The van der Waals surface area contributed by atoms with E-state index in [1.165, 1.54) is 9.13 Å². The van der Waals surface area contributed by atoms with Crippen LogP contribution >= 0.6 is 0 Å². The summed E-state index contributed by atoms with van der Waals surface area (Å²) in [4.78, 5) is 31.0. The largest absolute Gasteiger partial charge is 0.332 e. The molecule has 0 saturated carbocycles. The highest BCUT2D eigenvalue weighted by Crippen LogP contribution is 2.25. The summed E-state index contributed by atoms with van der Waals surface area (Å²) in [6, 6.07) is 10.0. The topological polar surface area (TPSA) is 66.2 Å². The molecule has 0 aliphatic heterocycles. The third kappa shape index (κ3) is 2.93. The maximum Gasteiger partial charge on any atom is 0.332 e. The van der Waals surface area contributed by atoms with Gasteiger partial charge in [0.05, 0.1) is 0 Å². The first-order valence-corrected chi connectivity index (χ1v) is 10.3. The number of nitrogens with zero attached hydrogens (tertiary/aromatic N) is 5. The first kappa shape index (κ1) is 19.9. The average Bonchev–Trinajstić information content (AvgIpc) is 3.25. The lowest BCUT2D eigenvalue weighted by Crippen LogP contribution is -2.39. The van der Waals surface area contributed by atoms with Crippen molar-refractivity contribution in [3.05, 3.63) is 74.2 Å². The molecule has 0 fully saturated rings. The predicted molar refractivity (Wildman–Crippen MR) is 120 cm³/mol. The summed E-state index contributed by atoms with van der Waals surface area (Å²) in [6.07, 6.45) is 4.70. The Morgan fingerprint density at radius 3 is 2.47 bits per heavy atom. The molecule has 4 aromatic rings. The van der Waals surface area contributed by atoms with E-state index in [2.05, 4.69) is 18.4 Å². The van der Waals surface area contributed by atoms with Crippen LogP contribution in [0, 0.1) is 13.8 Å². The standard InChI is InChI=1S/C23H27N5O2/c1-6-15(2)27-16(3)17(4)28-19-20(24-22(27)28)25(5)23(30)26(21(19)29)14-10-13-18-11-8-7-9-12-18/h7-13,15H,6,14H2,1-5H3/b13-10+/t15-/m0/s1. The molecule has 0 unspecified atom stereocenters. The number of imidazole rings is 2. The van der Waals surface area contributed by atoms with Crippen molar-refractivity contribution in [2.75, 3.05) is 0 Å². The molecule has 0 N–H and O–H groups in total. The molecule has 30 heavy (non-hydrogen) atoms. The highest BCUT2D eigenvalue weighted by Gasteiger charge is 2.23. The number of hydrogen-bond donors (Lipinski definition) is 0. The van der Waals surface area contributed by atoms with Crippen LogP contribution in [-0.4, -0.2) is 23.1 Å². The van der Waals surface area contributed by atoms with E-state index in [1.807, 2.05) is 60.7 Å². The molecule has 3 heterocycles. The molecule has 1 aromatic carbocycles. The van der Waals surface area contributed by atoms with Crippen molar-refractivity contribution in [1.82, 2.24) is 23.1 Å². The van der Waals surface area contributed by atoms with Crippen LogP contribution in [0.5, 0.6) is 0 Å². The minimum Gasteiger partial charge on any atom is -0.311 e. The molecule has 3 aromatic heterocycles. The Bertz CT molecular complexity index is 1380. The van der Waals surface area contributed by atoms with Gasteiger partial charge in [-0.3, -0.25) is 18.3 Å². The molecule has 156 valence electrons. The van der Waals surface area contributed by atoms with E-state index in [0.717, 1.165) is 23.4 Å². The van der Waals surface area contributed by atoms with Crippen LogP contribution in [-0.2, 0) is 13.6 Å². The smallest absolute Gasteiger partial charge is 0.311 e. The second-order valence-electron chi connectivity index (χ2n) is 7.79. The molecule has 1 atom stereocenters. The Hall–Kier alpha value is -3.35. The second-order valence-corrected chi connectivity index (χ2v) is 7.79. The second kappa shape index (κ2) is 7.48. The first-order chi connectivity index (χ1) is 14.4. The molecule has 0 bridgehead atoms. The summed E-state index contributed by atoms with van der Waals surface area (Å²) in [6.45, 7) is 8.50. The Kier molecular flexibility index (Phi) is 4.97. The Morgan fingerprint density at radius 2 is 1.80 bits per heavy atom. The first-order valence-electron chi connectivity index (χ1n) is 10.3. The minimum absolute atomic E-state index is 0.202. The Morgan fingerprint density at radius 1 is 1.10 bits per heavy atom. The van der Waals surface area contributed by atoms with Gasteiger partial charge in [-0.15, -0.1) is 0 Å². The van der Waals surface area contributed by atoms with E-state index in [9.17, 15) is 9.59 Å². The van der Waals surface area contributed by atoms with Gasteiger partial charge >= 0.3 is 5.69 Å². The van der Waals surface area contributed by atoms with E-state index in [1.54, 1.807) is 7.05 Å². The number of benzene rings is 1. The van der Waals surface area contributed by atoms with E-state index in [0.29, 0.717) is 16.9 Å². The normalized spacial score (nSPS) is 13.1. The molecule has 7 heteroatoms. The summed E-state index contributed by atoms with van der Waals surface area (Å²) in [7, 11) is 1.67. The molecule has 0 aliphatic carbocycles. The molecule has 7 nitrogen and oxygen atoms in total. The highest BCUT2D eigenvalue weighted by atomic mass is 16.2. The van der Waals surface area contributed by atoms with Crippen molar-refractivity contribution in [3.8, 4) is 0 Å². The third-order valence-corrected chi connectivity index (χ3v) is 5.99. The zero-order chi connectivity index (χ0) is 21.6. The van der Waals surface area contributed by atoms with E-state index in [-0.39, 0.29) is 23.8 Å². The lowest BCUT2D eigenvalue weighted by molar-refractivity contribution is 0.532.